The second kappa shape index (κ2) is 7.21. The Kier molecular flexibility index (Phi) is 5.48. The van der Waals surface area contributed by atoms with Crippen LogP contribution in [0, 0.1) is 0 Å². The van der Waals surface area contributed by atoms with Gasteiger partial charge in [-0.25, -0.2) is 4.79 Å². The molecule has 1 fully saturated rings. The summed E-state index contributed by atoms with van der Waals surface area (Å²) < 4.78 is 50.4. The highest BCUT2D eigenvalue weighted by molar-refractivity contribution is 5.83. The van der Waals surface area contributed by atoms with Gasteiger partial charge in [0.15, 0.2) is 0 Å². The first-order valence-electron chi connectivity index (χ1n) is 7.45. The van der Waals surface area contributed by atoms with Gasteiger partial charge in [-0.15, -0.1) is 0 Å². The first kappa shape index (κ1) is 18.3. The van der Waals surface area contributed by atoms with Crippen LogP contribution in [0.5, 0.6) is 0 Å². The van der Waals surface area contributed by atoms with Crippen LogP contribution in [0.1, 0.15) is 24.8 Å². The lowest BCUT2D eigenvalue weighted by Crippen LogP contribution is -2.53. The molecule has 0 unspecified atom stereocenters. The number of hydrogen-bond acceptors (Lipinski definition) is 4. The number of hydrogen-bond donors (Lipinski definition) is 1. The molecule has 0 bridgehead atoms. The van der Waals surface area contributed by atoms with E-state index in [4.69, 9.17) is 4.74 Å². The van der Waals surface area contributed by atoms with Crippen molar-refractivity contribution < 1.29 is 32.2 Å². The summed E-state index contributed by atoms with van der Waals surface area (Å²) in [5.41, 5.74) is -3.56. The van der Waals surface area contributed by atoms with Gasteiger partial charge in [0.25, 0.3) is 5.60 Å². The summed E-state index contributed by atoms with van der Waals surface area (Å²) in [6, 6.07) is 6.10. The number of carbonyl (C=O) groups is 2. The van der Waals surface area contributed by atoms with Crippen molar-refractivity contribution in [3.63, 3.8) is 0 Å². The molecule has 1 amide bonds. The van der Waals surface area contributed by atoms with Crippen molar-refractivity contribution in [2.24, 2.45) is 0 Å². The number of amides is 1. The van der Waals surface area contributed by atoms with Gasteiger partial charge < -0.3 is 14.8 Å². The van der Waals surface area contributed by atoms with Crippen LogP contribution in [-0.4, -0.2) is 37.8 Å². The highest BCUT2D eigenvalue weighted by Crippen LogP contribution is 2.42. The summed E-state index contributed by atoms with van der Waals surface area (Å²) in [5, 5.41) is 2.58. The molecule has 1 aliphatic heterocycles. The third kappa shape index (κ3) is 3.53. The maximum absolute atomic E-state index is 13.6. The summed E-state index contributed by atoms with van der Waals surface area (Å²) in [6.45, 7) is -0.335. The number of rotatable bonds is 5. The Morgan fingerprint density at radius 3 is 2.50 bits per heavy atom. The Balaban J connectivity index is 2.21. The lowest BCUT2D eigenvalue weighted by molar-refractivity contribution is -0.276. The predicted octanol–water partition coefficient (Wildman–Crippen LogP) is 2.30. The van der Waals surface area contributed by atoms with Gasteiger partial charge in [-0.2, -0.15) is 13.2 Å². The molecule has 2 rings (SSSR count). The summed E-state index contributed by atoms with van der Waals surface area (Å²) in [7, 11) is 0.810. The standard InChI is InChI=1S/C16H18F3NO4/c1-23-15(16(17,18)19,11-6-3-2-4-7-11)14(22)24-10-12-8-5-9-13(21)20-12/h2-4,6-7,12H,5,8-10H2,1H3,(H,20,21)/t12-,15-/m0/s1. The van der Waals surface area contributed by atoms with Crippen LogP contribution in [0.3, 0.4) is 0 Å². The van der Waals surface area contributed by atoms with Gasteiger partial charge >= 0.3 is 12.1 Å². The number of ether oxygens (including phenoxy) is 2. The molecule has 0 aromatic heterocycles. The van der Waals surface area contributed by atoms with Gasteiger partial charge in [-0.1, -0.05) is 30.3 Å². The number of nitrogens with one attached hydrogen (secondary N) is 1. The van der Waals surface area contributed by atoms with E-state index < -0.39 is 23.8 Å². The number of alkyl halides is 3. The monoisotopic (exact) mass is 345 g/mol. The van der Waals surface area contributed by atoms with Crippen molar-refractivity contribution in [3.8, 4) is 0 Å². The molecule has 5 nitrogen and oxygen atoms in total. The Labute approximate surface area is 137 Å². The van der Waals surface area contributed by atoms with E-state index in [0.29, 0.717) is 19.3 Å². The molecule has 1 N–H and O–H groups in total. The van der Waals surface area contributed by atoms with E-state index in [0.717, 1.165) is 19.2 Å². The van der Waals surface area contributed by atoms with Crippen LogP contribution in [0.15, 0.2) is 30.3 Å². The van der Waals surface area contributed by atoms with Crippen molar-refractivity contribution in [1.29, 1.82) is 0 Å². The Bertz CT molecular complexity index is 591. The van der Waals surface area contributed by atoms with Gasteiger partial charge in [-0.05, 0) is 12.8 Å². The summed E-state index contributed by atoms with van der Waals surface area (Å²) in [4.78, 5) is 23.6. The van der Waals surface area contributed by atoms with E-state index in [1.807, 2.05) is 0 Å². The average Bonchev–Trinajstić information content (AvgIpc) is 2.54. The molecule has 1 aromatic carbocycles. The second-order valence-electron chi connectivity index (χ2n) is 5.50. The third-order valence-corrected chi connectivity index (χ3v) is 3.91. The van der Waals surface area contributed by atoms with Crippen molar-refractivity contribution in [1.82, 2.24) is 5.32 Å². The topological polar surface area (TPSA) is 64.6 Å². The molecule has 1 aliphatic rings. The molecule has 2 atom stereocenters. The molecular weight excluding hydrogens is 327 g/mol. The number of halogens is 3. The predicted molar refractivity (Wildman–Crippen MR) is 77.9 cm³/mol. The largest absolute Gasteiger partial charge is 0.461 e. The normalized spacial score (nSPS) is 20.8. The fourth-order valence-electron chi connectivity index (χ4n) is 2.67. The minimum Gasteiger partial charge on any atom is -0.461 e. The van der Waals surface area contributed by atoms with Crippen LogP contribution in [-0.2, 0) is 24.7 Å². The maximum atomic E-state index is 13.6. The molecule has 1 heterocycles. The fourth-order valence-corrected chi connectivity index (χ4v) is 2.67. The van der Waals surface area contributed by atoms with E-state index in [1.165, 1.54) is 18.2 Å². The quantitative estimate of drug-likeness (QED) is 0.832. The molecule has 0 aliphatic carbocycles. The van der Waals surface area contributed by atoms with Gasteiger partial charge in [-0.3, -0.25) is 4.79 Å². The van der Waals surface area contributed by atoms with Crippen molar-refractivity contribution in [3.05, 3.63) is 35.9 Å². The van der Waals surface area contributed by atoms with Crippen molar-refractivity contribution in [2.75, 3.05) is 13.7 Å². The SMILES string of the molecule is CO[C@](C(=O)OC[C@@H]1CCCC(=O)N1)(c1ccccc1)C(F)(F)F. The van der Waals surface area contributed by atoms with Crippen LogP contribution in [0.2, 0.25) is 0 Å². The molecular formula is C16H18F3NO4. The minimum atomic E-state index is -5.00. The zero-order chi connectivity index (χ0) is 17.8. The van der Waals surface area contributed by atoms with Gasteiger partial charge in [0.2, 0.25) is 5.91 Å². The molecule has 1 saturated heterocycles. The average molecular weight is 345 g/mol. The Morgan fingerprint density at radius 2 is 1.96 bits per heavy atom. The maximum Gasteiger partial charge on any atom is 0.432 e. The third-order valence-electron chi connectivity index (χ3n) is 3.91. The van der Waals surface area contributed by atoms with E-state index in [-0.39, 0.29) is 18.1 Å². The molecule has 1 aromatic rings. The highest BCUT2D eigenvalue weighted by Gasteiger charge is 2.64. The number of esters is 1. The number of benzene rings is 1. The zero-order valence-corrected chi connectivity index (χ0v) is 13.1. The minimum absolute atomic E-state index is 0.209. The number of piperidine rings is 1. The summed E-state index contributed by atoms with van der Waals surface area (Å²) in [6.07, 6.45) is -3.51. The van der Waals surface area contributed by atoms with E-state index in [2.05, 4.69) is 10.1 Å². The lowest BCUT2D eigenvalue weighted by atomic mass is 9.92. The lowest BCUT2D eigenvalue weighted by Gasteiger charge is -2.33. The number of carbonyl (C=O) groups excluding carboxylic acids is 2. The molecule has 0 spiro atoms. The van der Waals surface area contributed by atoms with Gasteiger partial charge in [0.05, 0.1) is 6.04 Å². The first-order chi connectivity index (χ1) is 11.3. The first-order valence-corrected chi connectivity index (χ1v) is 7.45. The summed E-state index contributed by atoms with van der Waals surface area (Å²) >= 11 is 0. The second-order valence-corrected chi connectivity index (χ2v) is 5.50. The van der Waals surface area contributed by atoms with Crippen LogP contribution >= 0.6 is 0 Å². The zero-order valence-electron chi connectivity index (χ0n) is 13.1. The molecule has 0 radical (unpaired) electrons. The Hall–Kier alpha value is -2.09. The highest BCUT2D eigenvalue weighted by atomic mass is 19.4. The van der Waals surface area contributed by atoms with Gasteiger partial charge in [0, 0.05) is 19.1 Å². The van der Waals surface area contributed by atoms with Crippen LogP contribution in [0.25, 0.3) is 0 Å². The number of methoxy groups -OCH3 is 1. The molecule has 132 valence electrons. The van der Waals surface area contributed by atoms with E-state index in [9.17, 15) is 22.8 Å². The molecule has 8 heteroatoms. The summed E-state index contributed by atoms with van der Waals surface area (Å²) in [5.74, 6) is -1.76. The Morgan fingerprint density at radius 1 is 1.29 bits per heavy atom. The smallest absolute Gasteiger partial charge is 0.432 e. The van der Waals surface area contributed by atoms with Crippen molar-refractivity contribution in [2.45, 2.75) is 37.1 Å². The van der Waals surface area contributed by atoms with E-state index >= 15 is 0 Å². The van der Waals surface area contributed by atoms with Crippen LogP contribution < -0.4 is 5.32 Å². The van der Waals surface area contributed by atoms with Crippen LogP contribution in [0.4, 0.5) is 13.2 Å². The van der Waals surface area contributed by atoms with E-state index in [1.54, 1.807) is 0 Å². The van der Waals surface area contributed by atoms with Crippen molar-refractivity contribution >= 4 is 11.9 Å². The fraction of sp³-hybridized carbons (Fsp3) is 0.500. The molecule has 24 heavy (non-hydrogen) atoms. The van der Waals surface area contributed by atoms with Gasteiger partial charge in [0.1, 0.15) is 6.61 Å². The molecule has 0 saturated carbocycles.